The van der Waals surface area contributed by atoms with Crippen LogP contribution in [0.3, 0.4) is 0 Å². The van der Waals surface area contributed by atoms with Crippen LogP contribution in [0.4, 0.5) is 0 Å². The summed E-state index contributed by atoms with van der Waals surface area (Å²) in [5.41, 5.74) is 7.07. The molecule has 0 spiro atoms. The summed E-state index contributed by atoms with van der Waals surface area (Å²) in [5, 5.41) is 0. The molecule has 2 heterocycles. The molecule has 1 aromatic rings. The first kappa shape index (κ1) is 25.2. The third kappa shape index (κ3) is 6.89. The lowest BCUT2D eigenvalue weighted by Gasteiger charge is -2.37. The molecule has 3 unspecified atom stereocenters. The van der Waals surface area contributed by atoms with Crippen molar-refractivity contribution in [1.82, 2.24) is 9.80 Å². The van der Waals surface area contributed by atoms with Crippen LogP contribution in [0, 0.1) is 5.92 Å². The van der Waals surface area contributed by atoms with Crippen molar-refractivity contribution < 1.29 is 9.53 Å². The van der Waals surface area contributed by atoms with E-state index in [0.717, 1.165) is 51.1 Å². The zero-order valence-corrected chi connectivity index (χ0v) is 18.6. The van der Waals surface area contributed by atoms with Crippen LogP contribution in [-0.4, -0.2) is 60.6 Å². The van der Waals surface area contributed by atoms with E-state index in [1.54, 1.807) is 0 Å². The first-order valence-corrected chi connectivity index (χ1v) is 10.00. The first-order valence-electron chi connectivity index (χ1n) is 10.00. The van der Waals surface area contributed by atoms with Crippen molar-refractivity contribution in [3.05, 3.63) is 35.9 Å². The van der Waals surface area contributed by atoms with Crippen LogP contribution in [0.25, 0.3) is 0 Å². The maximum absolute atomic E-state index is 12.7. The zero-order chi connectivity index (χ0) is 18.5. The van der Waals surface area contributed by atoms with E-state index in [9.17, 15) is 4.79 Å². The van der Waals surface area contributed by atoms with Crippen LogP contribution < -0.4 is 5.73 Å². The minimum absolute atomic E-state index is 0. The average molecular weight is 432 g/mol. The molecule has 3 rings (SSSR count). The number of benzene rings is 1. The molecule has 2 fully saturated rings. The molecule has 28 heavy (non-hydrogen) atoms. The SMILES string of the molecule is CC1CN(CCC2CCN(C(=O)C(N)c3ccccc3)CC2)CC(C)O1.Cl.Cl. The Hall–Kier alpha value is -0.850. The zero-order valence-electron chi connectivity index (χ0n) is 17.0. The number of hydrogen-bond donors (Lipinski definition) is 1. The predicted octanol–water partition coefficient (Wildman–Crippen LogP) is 3.27. The standard InChI is InChI=1S/C21H33N3O2.2ClH/c1-16-14-23(15-17(2)26-16)11-8-18-9-12-24(13-10-18)21(25)20(22)19-6-4-3-5-7-19;;/h3-7,16-18,20H,8-15,22H2,1-2H3;2*1H. The molecule has 2 saturated heterocycles. The number of halogens is 2. The molecule has 0 saturated carbocycles. The number of piperidine rings is 1. The third-order valence-electron chi connectivity index (χ3n) is 5.70. The number of rotatable bonds is 5. The number of likely N-dealkylation sites (tertiary alicyclic amines) is 1. The Morgan fingerprint density at radius 1 is 1.11 bits per heavy atom. The molecule has 0 bridgehead atoms. The highest BCUT2D eigenvalue weighted by Crippen LogP contribution is 2.24. The van der Waals surface area contributed by atoms with Gasteiger partial charge in [-0.1, -0.05) is 30.3 Å². The van der Waals surface area contributed by atoms with Crippen LogP contribution in [0.1, 0.15) is 44.7 Å². The van der Waals surface area contributed by atoms with Gasteiger partial charge >= 0.3 is 0 Å². The Bertz CT molecular complexity index is 572. The molecule has 1 amide bonds. The van der Waals surface area contributed by atoms with Crippen LogP contribution in [0.5, 0.6) is 0 Å². The summed E-state index contributed by atoms with van der Waals surface area (Å²) in [4.78, 5) is 17.1. The van der Waals surface area contributed by atoms with Crippen molar-refractivity contribution in [2.75, 3.05) is 32.7 Å². The van der Waals surface area contributed by atoms with Gasteiger partial charge in [-0.15, -0.1) is 24.8 Å². The summed E-state index contributed by atoms with van der Waals surface area (Å²) in [5.74, 6) is 0.769. The normalized spacial score (nSPS) is 24.8. The van der Waals surface area contributed by atoms with Gasteiger partial charge in [0.15, 0.2) is 0 Å². The monoisotopic (exact) mass is 431 g/mol. The van der Waals surface area contributed by atoms with E-state index in [-0.39, 0.29) is 30.7 Å². The molecule has 7 heteroatoms. The second-order valence-electron chi connectivity index (χ2n) is 7.96. The smallest absolute Gasteiger partial charge is 0.244 e. The van der Waals surface area contributed by atoms with Crippen LogP contribution in [-0.2, 0) is 9.53 Å². The Morgan fingerprint density at radius 3 is 2.25 bits per heavy atom. The van der Waals surface area contributed by atoms with Gasteiger partial charge in [-0.25, -0.2) is 0 Å². The van der Waals surface area contributed by atoms with Crippen LogP contribution >= 0.6 is 24.8 Å². The molecule has 1 aromatic carbocycles. The van der Waals surface area contributed by atoms with Gasteiger partial charge in [0, 0.05) is 26.2 Å². The van der Waals surface area contributed by atoms with Crippen molar-refractivity contribution in [3.63, 3.8) is 0 Å². The first-order chi connectivity index (χ1) is 12.5. The summed E-state index contributed by atoms with van der Waals surface area (Å²) in [7, 11) is 0. The molecule has 3 atom stereocenters. The maximum Gasteiger partial charge on any atom is 0.244 e. The van der Waals surface area contributed by atoms with E-state index < -0.39 is 6.04 Å². The molecular weight excluding hydrogens is 397 g/mol. The average Bonchev–Trinajstić information content (AvgIpc) is 2.65. The number of carbonyl (C=O) groups is 1. The van der Waals surface area contributed by atoms with Gasteiger partial charge in [-0.2, -0.15) is 0 Å². The Kier molecular flexibility index (Phi) is 10.8. The quantitative estimate of drug-likeness (QED) is 0.776. The third-order valence-corrected chi connectivity index (χ3v) is 5.70. The number of amides is 1. The summed E-state index contributed by atoms with van der Waals surface area (Å²) in [6, 6.07) is 9.13. The van der Waals surface area contributed by atoms with Crippen molar-refractivity contribution in [3.8, 4) is 0 Å². The largest absolute Gasteiger partial charge is 0.373 e. The number of ether oxygens (including phenoxy) is 1. The Morgan fingerprint density at radius 2 is 1.68 bits per heavy atom. The van der Waals surface area contributed by atoms with E-state index in [2.05, 4.69) is 18.7 Å². The highest BCUT2D eigenvalue weighted by Gasteiger charge is 2.28. The topological polar surface area (TPSA) is 58.8 Å². The fraction of sp³-hybridized carbons (Fsp3) is 0.667. The molecule has 2 aliphatic heterocycles. The fourth-order valence-corrected chi connectivity index (χ4v) is 4.27. The van der Waals surface area contributed by atoms with Gasteiger partial charge in [-0.3, -0.25) is 9.69 Å². The number of carbonyl (C=O) groups excluding carboxylic acids is 1. The number of nitrogens with zero attached hydrogens (tertiary/aromatic N) is 2. The van der Waals surface area contributed by atoms with E-state index in [1.165, 1.54) is 6.42 Å². The van der Waals surface area contributed by atoms with Gasteiger partial charge in [0.05, 0.1) is 12.2 Å². The van der Waals surface area contributed by atoms with Gasteiger partial charge in [0.25, 0.3) is 0 Å². The van der Waals surface area contributed by atoms with Crippen molar-refractivity contribution >= 4 is 30.7 Å². The molecule has 2 aliphatic rings. The second kappa shape index (κ2) is 12.0. The predicted molar refractivity (Wildman–Crippen MR) is 118 cm³/mol. The summed E-state index contributed by atoms with van der Waals surface area (Å²) in [6.45, 7) is 9.19. The van der Waals surface area contributed by atoms with E-state index >= 15 is 0 Å². The lowest BCUT2D eigenvalue weighted by Crippen LogP contribution is -2.46. The maximum atomic E-state index is 12.7. The van der Waals surface area contributed by atoms with Crippen LogP contribution in [0.15, 0.2) is 30.3 Å². The van der Waals surface area contributed by atoms with Crippen LogP contribution in [0.2, 0.25) is 0 Å². The number of morpholine rings is 1. The van der Waals surface area contributed by atoms with E-state index in [1.807, 2.05) is 35.2 Å². The minimum atomic E-state index is -0.538. The summed E-state index contributed by atoms with van der Waals surface area (Å²) < 4.78 is 5.81. The number of hydrogen-bond acceptors (Lipinski definition) is 4. The molecule has 0 aliphatic carbocycles. The van der Waals surface area contributed by atoms with Crippen molar-refractivity contribution in [2.45, 2.75) is 51.4 Å². The van der Waals surface area contributed by atoms with Gasteiger partial charge in [-0.05, 0) is 51.1 Å². The van der Waals surface area contributed by atoms with E-state index in [0.29, 0.717) is 18.1 Å². The van der Waals surface area contributed by atoms with Gasteiger partial charge < -0.3 is 15.4 Å². The summed E-state index contributed by atoms with van der Waals surface area (Å²) >= 11 is 0. The van der Waals surface area contributed by atoms with E-state index in [4.69, 9.17) is 10.5 Å². The highest BCUT2D eigenvalue weighted by molar-refractivity contribution is 5.85. The lowest BCUT2D eigenvalue weighted by molar-refractivity contribution is -0.134. The highest BCUT2D eigenvalue weighted by atomic mass is 35.5. The molecule has 0 aromatic heterocycles. The summed E-state index contributed by atoms with van der Waals surface area (Å²) in [6.07, 6.45) is 4.05. The Labute approximate surface area is 181 Å². The number of nitrogens with two attached hydrogens (primary N) is 1. The molecule has 5 nitrogen and oxygen atoms in total. The Balaban J connectivity index is 0.00000196. The van der Waals surface area contributed by atoms with Crippen molar-refractivity contribution in [1.29, 1.82) is 0 Å². The lowest BCUT2D eigenvalue weighted by atomic mass is 9.92. The van der Waals surface area contributed by atoms with Gasteiger partial charge in [0.2, 0.25) is 5.91 Å². The molecular formula is C21H35Cl2N3O2. The van der Waals surface area contributed by atoms with Crippen molar-refractivity contribution in [2.24, 2.45) is 11.7 Å². The molecule has 2 N–H and O–H groups in total. The fourth-order valence-electron chi connectivity index (χ4n) is 4.27. The second-order valence-corrected chi connectivity index (χ2v) is 7.96. The minimum Gasteiger partial charge on any atom is -0.373 e. The van der Waals surface area contributed by atoms with Gasteiger partial charge in [0.1, 0.15) is 6.04 Å². The molecule has 160 valence electrons. The molecule has 0 radical (unpaired) electrons.